The molecular weight excluding hydrogens is 446 g/mol. The van der Waals surface area contributed by atoms with E-state index in [4.69, 9.17) is 19.2 Å². The molecule has 1 aliphatic rings. The van der Waals surface area contributed by atoms with Crippen LogP contribution in [0.1, 0.15) is 63.3 Å². The van der Waals surface area contributed by atoms with Gasteiger partial charge in [-0.25, -0.2) is 9.78 Å². The molecule has 0 unspecified atom stereocenters. The minimum Gasteiger partial charge on any atom is -0.490 e. The molecule has 184 valence electrons. The van der Waals surface area contributed by atoms with E-state index in [1.54, 1.807) is 37.4 Å². The first-order valence-corrected chi connectivity index (χ1v) is 12.1. The highest BCUT2D eigenvalue weighted by molar-refractivity contribution is 5.82. The van der Waals surface area contributed by atoms with Crippen LogP contribution in [0.25, 0.3) is 10.9 Å². The minimum atomic E-state index is -0.779. The van der Waals surface area contributed by atoms with Gasteiger partial charge in [0.25, 0.3) is 5.56 Å². The van der Waals surface area contributed by atoms with Gasteiger partial charge in [-0.05, 0) is 62.6 Å². The lowest BCUT2D eigenvalue weighted by molar-refractivity contribution is -0.147. The minimum absolute atomic E-state index is 0.177. The Hall–Kier alpha value is -3.68. The summed E-state index contributed by atoms with van der Waals surface area (Å²) in [7, 11) is 1.32. The largest absolute Gasteiger partial charge is 0.490 e. The van der Waals surface area contributed by atoms with Gasteiger partial charge in [0.2, 0.25) is 0 Å². The van der Waals surface area contributed by atoms with Crippen LogP contribution in [0.2, 0.25) is 0 Å². The molecule has 0 saturated heterocycles. The zero-order valence-electron chi connectivity index (χ0n) is 20.4. The molecule has 4 rings (SSSR count). The lowest BCUT2D eigenvalue weighted by Gasteiger charge is -2.22. The van der Waals surface area contributed by atoms with E-state index in [0.29, 0.717) is 34.8 Å². The third-order valence-corrected chi connectivity index (χ3v) is 6.18. The van der Waals surface area contributed by atoms with Crippen molar-refractivity contribution in [2.24, 2.45) is 5.10 Å². The van der Waals surface area contributed by atoms with Crippen molar-refractivity contribution in [1.82, 2.24) is 9.66 Å². The molecule has 35 heavy (non-hydrogen) atoms. The summed E-state index contributed by atoms with van der Waals surface area (Å²) in [6.07, 6.45) is 6.30. The Labute approximate surface area is 204 Å². The third-order valence-electron chi connectivity index (χ3n) is 6.18. The predicted molar refractivity (Wildman–Crippen MR) is 135 cm³/mol. The summed E-state index contributed by atoms with van der Waals surface area (Å²) < 4.78 is 17.6. The Kier molecular flexibility index (Phi) is 7.80. The van der Waals surface area contributed by atoms with Gasteiger partial charge in [-0.2, -0.15) is 9.78 Å². The predicted octanol–water partition coefficient (Wildman–Crippen LogP) is 4.67. The Bertz CT molecular complexity index is 1280. The van der Waals surface area contributed by atoms with Gasteiger partial charge in [0.1, 0.15) is 5.82 Å². The van der Waals surface area contributed by atoms with Gasteiger partial charge >= 0.3 is 5.97 Å². The lowest BCUT2D eigenvalue weighted by Crippen LogP contribution is -2.25. The van der Waals surface area contributed by atoms with Crippen molar-refractivity contribution in [1.29, 1.82) is 0 Å². The van der Waals surface area contributed by atoms with Crippen LogP contribution >= 0.6 is 0 Å². The van der Waals surface area contributed by atoms with E-state index in [0.717, 1.165) is 31.2 Å². The quantitative estimate of drug-likeness (QED) is 0.346. The van der Waals surface area contributed by atoms with Crippen molar-refractivity contribution in [2.45, 2.75) is 58.0 Å². The number of para-hydroxylation sites is 1. The summed E-state index contributed by atoms with van der Waals surface area (Å²) in [6, 6.07) is 12.7. The molecule has 1 atom stereocenters. The van der Waals surface area contributed by atoms with Gasteiger partial charge < -0.3 is 14.2 Å². The van der Waals surface area contributed by atoms with E-state index < -0.39 is 12.1 Å². The first-order valence-electron chi connectivity index (χ1n) is 12.1. The van der Waals surface area contributed by atoms with Crippen molar-refractivity contribution in [3.8, 4) is 11.5 Å². The van der Waals surface area contributed by atoms with Crippen molar-refractivity contribution < 1.29 is 19.0 Å². The van der Waals surface area contributed by atoms with Crippen molar-refractivity contribution in [3.63, 3.8) is 0 Å². The Morgan fingerprint density at radius 3 is 2.69 bits per heavy atom. The van der Waals surface area contributed by atoms with E-state index >= 15 is 0 Å². The Morgan fingerprint density at radius 2 is 1.94 bits per heavy atom. The number of fused-ring (bicyclic) bond motifs is 1. The molecule has 1 aromatic heterocycles. The second-order valence-corrected chi connectivity index (χ2v) is 8.61. The van der Waals surface area contributed by atoms with Gasteiger partial charge in [-0.15, -0.1) is 0 Å². The molecule has 0 aliphatic heterocycles. The van der Waals surface area contributed by atoms with Crippen molar-refractivity contribution in [3.05, 3.63) is 64.2 Å². The van der Waals surface area contributed by atoms with Gasteiger partial charge in [0.05, 0.1) is 30.8 Å². The summed E-state index contributed by atoms with van der Waals surface area (Å²) in [5.74, 6) is 1.34. The first-order chi connectivity index (χ1) is 17.0. The van der Waals surface area contributed by atoms with Crippen LogP contribution in [0.4, 0.5) is 0 Å². The summed E-state index contributed by atoms with van der Waals surface area (Å²) >= 11 is 0. The average molecular weight is 478 g/mol. The van der Waals surface area contributed by atoms with Crippen LogP contribution < -0.4 is 15.0 Å². The van der Waals surface area contributed by atoms with Crippen LogP contribution in [-0.2, 0) is 9.53 Å². The number of carbonyl (C=O) groups is 1. The molecule has 8 heteroatoms. The molecule has 3 aromatic rings. The zero-order chi connectivity index (χ0) is 24.8. The highest BCUT2D eigenvalue weighted by Crippen LogP contribution is 2.32. The van der Waals surface area contributed by atoms with Crippen molar-refractivity contribution in [2.75, 3.05) is 13.7 Å². The van der Waals surface area contributed by atoms with E-state index in [-0.39, 0.29) is 11.5 Å². The summed E-state index contributed by atoms with van der Waals surface area (Å²) in [6.45, 7) is 3.90. The van der Waals surface area contributed by atoms with E-state index in [1.165, 1.54) is 18.2 Å². The molecule has 0 amide bonds. The fourth-order valence-corrected chi connectivity index (χ4v) is 4.38. The highest BCUT2D eigenvalue weighted by atomic mass is 16.6. The Balaban J connectivity index is 1.70. The maximum atomic E-state index is 13.4. The Morgan fingerprint density at radius 1 is 1.17 bits per heavy atom. The van der Waals surface area contributed by atoms with Gasteiger partial charge in [0.15, 0.2) is 17.6 Å². The van der Waals surface area contributed by atoms with E-state index in [9.17, 15) is 9.59 Å². The number of rotatable bonds is 8. The summed E-state index contributed by atoms with van der Waals surface area (Å²) in [5.41, 5.74) is 1.25. The van der Waals surface area contributed by atoms with Gasteiger partial charge in [0, 0.05) is 5.92 Å². The molecule has 1 heterocycles. The molecule has 8 nitrogen and oxygen atoms in total. The molecule has 1 aliphatic carbocycles. The van der Waals surface area contributed by atoms with Crippen molar-refractivity contribution >= 4 is 23.1 Å². The number of methoxy groups -OCH3 is 1. The number of carbonyl (C=O) groups excluding carboxylic acids is 1. The average Bonchev–Trinajstić information content (AvgIpc) is 2.89. The molecule has 0 radical (unpaired) electrons. The fourth-order valence-electron chi connectivity index (χ4n) is 4.38. The molecule has 0 N–H and O–H groups in total. The number of esters is 1. The first kappa shape index (κ1) is 24.4. The number of aromatic nitrogens is 2. The second kappa shape index (κ2) is 11.2. The monoisotopic (exact) mass is 477 g/mol. The topological polar surface area (TPSA) is 92.0 Å². The number of hydrogen-bond donors (Lipinski definition) is 0. The smallest absolute Gasteiger partial charge is 0.346 e. The number of nitrogens with zero attached hydrogens (tertiary/aromatic N) is 3. The standard InChI is InChI=1S/C27H31N3O5/c1-4-34-24-16-19(14-15-23(24)35-18(2)27(32)33-3)17-28-30-25(20-10-6-5-7-11-20)29-22-13-9-8-12-21(22)26(30)31/h8-9,12-18,20H,4-7,10-11H2,1-3H3/t18-/m0/s1. The second-order valence-electron chi connectivity index (χ2n) is 8.61. The molecule has 0 bridgehead atoms. The van der Waals surface area contributed by atoms with Crippen LogP contribution in [0, 0.1) is 0 Å². The number of benzene rings is 2. The van der Waals surface area contributed by atoms with Crippen LogP contribution in [0.5, 0.6) is 11.5 Å². The summed E-state index contributed by atoms with van der Waals surface area (Å²) in [5, 5.41) is 5.12. The molecule has 1 saturated carbocycles. The van der Waals surface area contributed by atoms with Crippen LogP contribution in [0.3, 0.4) is 0 Å². The maximum Gasteiger partial charge on any atom is 0.346 e. The third kappa shape index (κ3) is 5.53. The molecular formula is C27H31N3O5. The highest BCUT2D eigenvalue weighted by Gasteiger charge is 2.22. The number of ether oxygens (including phenoxy) is 3. The van der Waals surface area contributed by atoms with Gasteiger partial charge in [-0.3, -0.25) is 4.79 Å². The van der Waals surface area contributed by atoms with Crippen LogP contribution in [-0.4, -0.2) is 41.7 Å². The van der Waals surface area contributed by atoms with Crippen LogP contribution in [0.15, 0.2) is 52.4 Å². The maximum absolute atomic E-state index is 13.4. The zero-order valence-corrected chi connectivity index (χ0v) is 20.4. The SMILES string of the molecule is CCOc1cc(C=Nn2c(C3CCCCC3)nc3ccccc3c2=O)ccc1O[C@@H](C)C(=O)OC. The van der Waals surface area contributed by atoms with E-state index in [1.807, 2.05) is 25.1 Å². The molecule has 0 spiro atoms. The van der Waals surface area contributed by atoms with E-state index in [2.05, 4.69) is 5.10 Å². The fraction of sp³-hybridized carbons (Fsp3) is 0.407. The lowest BCUT2D eigenvalue weighted by atomic mass is 9.88. The van der Waals surface area contributed by atoms with Gasteiger partial charge in [-0.1, -0.05) is 31.4 Å². The summed E-state index contributed by atoms with van der Waals surface area (Å²) in [4.78, 5) is 30.0. The molecule has 2 aromatic carbocycles. The number of hydrogen-bond acceptors (Lipinski definition) is 7. The normalized spacial score (nSPS) is 15.3. The molecule has 1 fully saturated rings.